The molecule has 1 heterocycles. The molecule has 1 N–H and O–H groups in total. The molecule has 1 aliphatic heterocycles. The fourth-order valence-corrected chi connectivity index (χ4v) is 2.79. The molecule has 0 aliphatic carbocycles. The molecule has 0 aromatic carbocycles. The van der Waals surface area contributed by atoms with Crippen molar-refractivity contribution < 1.29 is 4.79 Å². The zero-order valence-corrected chi connectivity index (χ0v) is 11.8. The van der Waals surface area contributed by atoms with Crippen LogP contribution in [0.3, 0.4) is 0 Å². The standard InChI is InChI=1S/C14H25N3O/c1-4-7-14(8-5-10-16-11-14)13(18)17(3)12(2)6-9-15/h12,16H,4-8,10-11H2,1-3H3. The van der Waals surface area contributed by atoms with Crippen molar-refractivity contribution in [2.45, 2.75) is 52.0 Å². The third kappa shape index (κ3) is 3.23. The van der Waals surface area contributed by atoms with Crippen LogP contribution in [-0.2, 0) is 4.79 Å². The van der Waals surface area contributed by atoms with Crippen LogP contribution in [-0.4, -0.2) is 37.0 Å². The molecule has 1 amide bonds. The number of nitrogens with one attached hydrogen (secondary N) is 1. The molecule has 0 aromatic rings. The number of amides is 1. The summed E-state index contributed by atoms with van der Waals surface area (Å²) in [6.07, 6.45) is 4.39. The van der Waals surface area contributed by atoms with Crippen LogP contribution in [0.5, 0.6) is 0 Å². The normalized spacial score (nSPS) is 25.2. The van der Waals surface area contributed by atoms with Crippen LogP contribution in [0, 0.1) is 16.7 Å². The number of carbonyl (C=O) groups excluding carboxylic acids is 1. The molecule has 1 aliphatic rings. The molecule has 18 heavy (non-hydrogen) atoms. The Kier molecular flexibility index (Phi) is 5.61. The van der Waals surface area contributed by atoms with E-state index >= 15 is 0 Å². The second-order valence-electron chi connectivity index (χ2n) is 5.44. The third-order valence-corrected chi connectivity index (χ3v) is 4.02. The van der Waals surface area contributed by atoms with Gasteiger partial charge in [-0.3, -0.25) is 4.79 Å². The summed E-state index contributed by atoms with van der Waals surface area (Å²) in [5.41, 5.74) is -0.245. The SMILES string of the molecule is CCCC1(C(=O)N(C)C(C)CC#N)CCCNC1. The number of rotatable bonds is 5. The van der Waals surface area contributed by atoms with Crippen molar-refractivity contribution in [2.75, 3.05) is 20.1 Å². The van der Waals surface area contributed by atoms with Crippen molar-refractivity contribution in [3.63, 3.8) is 0 Å². The number of nitriles is 1. The molecule has 2 atom stereocenters. The van der Waals surface area contributed by atoms with E-state index in [1.807, 2.05) is 14.0 Å². The van der Waals surface area contributed by atoms with Gasteiger partial charge < -0.3 is 10.2 Å². The van der Waals surface area contributed by atoms with E-state index in [1.165, 1.54) is 0 Å². The van der Waals surface area contributed by atoms with Gasteiger partial charge in [0.2, 0.25) is 5.91 Å². The van der Waals surface area contributed by atoms with Crippen LogP contribution >= 0.6 is 0 Å². The molecule has 1 rings (SSSR count). The van der Waals surface area contributed by atoms with Gasteiger partial charge in [-0.05, 0) is 32.7 Å². The highest BCUT2D eigenvalue weighted by molar-refractivity contribution is 5.83. The first-order valence-electron chi connectivity index (χ1n) is 6.92. The Hall–Kier alpha value is -1.08. The van der Waals surface area contributed by atoms with Crippen LogP contribution < -0.4 is 5.32 Å². The van der Waals surface area contributed by atoms with Crippen molar-refractivity contribution in [1.82, 2.24) is 10.2 Å². The van der Waals surface area contributed by atoms with Crippen molar-refractivity contribution in [2.24, 2.45) is 5.41 Å². The van der Waals surface area contributed by atoms with E-state index in [4.69, 9.17) is 5.26 Å². The lowest BCUT2D eigenvalue weighted by atomic mass is 9.75. The van der Waals surface area contributed by atoms with Crippen molar-refractivity contribution in [3.05, 3.63) is 0 Å². The van der Waals surface area contributed by atoms with Crippen LogP contribution in [0.15, 0.2) is 0 Å². The molecule has 0 radical (unpaired) electrons. The highest BCUT2D eigenvalue weighted by Crippen LogP contribution is 2.34. The Labute approximate surface area is 110 Å². The first-order chi connectivity index (χ1) is 8.57. The minimum Gasteiger partial charge on any atom is -0.341 e. The highest BCUT2D eigenvalue weighted by atomic mass is 16.2. The lowest BCUT2D eigenvalue weighted by molar-refractivity contribution is -0.144. The predicted octanol–water partition coefficient (Wildman–Crippen LogP) is 1.92. The lowest BCUT2D eigenvalue weighted by Crippen LogP contribution is -2.52. The Bertz CT molecular complexity index is 310. The number of hydrogen-bond acceptors (Lipinski definition) is 3. The molecule has 1 fully saturated rings. The molecular formula is C14H25N3O. The molecular weight excluding hydrogens is 226 g/mol. The number of nitrogens with zero attached hydrogens (tertiary/aromatic N) is 2. The third-order valence-electron chi connectivity index (χ3n) is 4.02. The first-order valence-corrected chi connectivity index (χ1v) is 6.92. The first kappa shape index (κ1) is 15.0. The molecule has 1 saturated heterocycles. The summed E-state index contributed by atoms with van der Waals surface area (Å²) in [6.45, 7) is 5.86. The second-order valence-corrected chi connectivity index (χ2v) is 5.44. The quantitative estimate of drug-likeness (QED) is 0.812. The molecule has 0 aromatic heterocycles. The van der Waals surface area contributed by atoms with Crippen molar-refractivity contribution >= 4 is 5.91 Å². The average Bonchev–Trinajstić information content (AvgIpc) is 2.38. The van der Waals surface area contributed by atoms with E-state index in [0.29, 0.717) is 6.42 Å². The molecule has 2 unspecified atom stereocenters. The fourth-order valence-electron chi connectivity index (χ4n) is 2.79. The van der Waals surface area contributed by atoms with Gasteiger partial charge in [0, 0.05) is 19.6 Å². The maximum atomic E-state index is 12.7. The Morgan fingerprint density at radius 2 is 2.33 bits per heavy atom. The summed E-state index contributed by atoms with van der Waals surface area (Å²) in [4.78, 5) is 14.5. The molecule has 102 valence electrons. The minimum absolute atomic E-state index is 0.00171. The van der Waals surface area contributed by atoms with E-state index in [9.17, 15) is 4.79 Å². The molecule has 0 bridgehead atoms. The topological polar surface area (TPSA) is 56.1 Å². The number of hydrogen-bond donors (Lipinski definition) is 1. The second kappa shape index (κ2) is 6.75. The van der Waals surface area contributed by atoms with Crippen molar-refractivity contribution in [1.29, 1.82) is 5.26 Å². The Morgan fingerprint density at radius 3 is 2.83 bits per heavy atom. The smallest absolute Gasteiger partial charge is 0.230 e. The monoisotopic (exact) mass is 251 g/mol. The summed E-state index contributed by atoms with van der Waals surface area (Å²) in [5, 5.41) is 12.1. The summed E-state index contributed by atoms with van der Waals surface area (Å²) < 4.78 is 0. The van der Waals surface area contributed by atoms with E-state index in [2.05, 4.69) is 18.3 Å². The zero-order valence-electron chi connectivity index (χ0n) is 11.8. The Balaban J connectivity index is 2.79. The van der Waals surface area contributed by atoms with Crippen LogP contribution in [0.25, 0.3) is 0 Å². The van der Waals surface area contributed by atoms with E-state index in [-0.39, 0.29) is 17.4 Å². The van der Waals surface area contributed by atoms with Gasteiger partial charge in [-0.15, -0.1) is 0 Å². The summed E-state index contributed by atoms with van der Waals surface area (Å²) >= 11 is 0. The highest BCUT2D eigenvalue weighted by Gasteiger charge is 2.41. The predicted molar refractivity (Wildman–Crippen MR) is 71.9 cm³/mol. The van der Waals surface area contributed by atoms with Gasteiger partial charge in [0.15, 0.2) is 0 Å². The molecule has 4 heteroatoms. The maximum absolute atomic E-state index is 12.7. The Morgan fingerprint density at radius 1 is 1.61 bits per heavy atom. The zero-order chi connectivity index (χ0) is 13.6. The fraction of sp³-hybridized carbons (Fsp3) is 0.857. The van der Waals surface area contributed by atoms with E-state index in [0.717, 1.165) is 38.8 Å². The summed E-state index contributed by atoms with van der Waals surface area (Å²) in [7, 11) is 1.83. The van der Waals surface area contributed by atoms with Gasteiger partial charge in [0.05, 0.1) is 17.9 Å². The van der Waals surface area contributed by atoms with Gasteiger partial charge >= 0.3 is 0 Å². The largest absolute Gasteiger partial charge is 0.341 e. The van der Waals surface area contributed by atoms with Crippen molar-refractivity contribution in [3.8, 4) is 6.07 Å². The van der Waals surface area contributed by atoms with Crippen LogP contribution in [0.2, 0.25) is 0 Å². The summed E-state index contributed by atoms with van der Waals surface area (Å²) in [6, 6.07) is 2.14. The molecule has 4 nitrogen and oxygen atoms in total. The van der Waals surface area contributed by atoms with Gasteiger partial charge in [0.25, 0.3) is 0 Å². The number of piperidine rings is 1. The van der Waals surface area contributed by atoms with E-state index in [1.54, 1.807) is 4.90 Å². The molecule has 0 saturated carbocycles. The average molecular weight is 251 g/mol. The van der Waals surface area contributed by atoms with E-state index < -0.39 is 0 Å². The lowest BCUT2D eigenvalue weighted by Gasteiger charge is -2.40. The van der Waals surface area contributed by atoms with Crippen LogP contribution in [0.1, 0.15) is 46.0 Å². The number of carbonyl (C=O) groups is 1. The van der Waals surface area contributed by atoms with Gasteiger partial charge in [-0.25, -0.2) is 0 Å². The minimum atomic E-state index is -0.245. The van der Waals surface area contributed by atoms with Gasteiger partial charge in [-0.2, -0.15) is 5.26 Å². The maximum Gasteiger partial charge on any atom is 0.230 e. The molecule has 0 spiro atoms. The van der Waals surface area contributed by atoms with Gasteiger partial charge in [-0.1, -0.05) is 13.3 Å². The van der Waals surface area contributed by atoms with Crippen LogP contribution in [0.4, 0.5) is 0 Å². The van der Waals surface area contributed by atoms with Gasteiger partial charge in [0.1, 0.15) is 0 Å². The summed E-state index contributed by atoms with van der Waals surface area (Å²) in [5.74, 6) is 0.208.